The van der Waals surface area contributed by atoms with E-state index in [1.165, 1.54) is 12.7 Å². The quantitative estimate of drug-likeness (QED) is 0.809. The first-order chi connectivity index (χ1) is 7.44. The van der Waals surface area contributed by atoms with Crippen LogP contribution in [0.4, 0.5) is 0 Å². The largest absolute Gasteiger partial charge is 0.388 e. The summed E-state index contributed by atoms with van der Waals surface area (Å²) in [6.45, 7) is 0. The summed E-state index contributed by atoms with van der Waals surface area (Å²) in [5.74, 6) is 0.212. The van der Waals surface area contributed by atoms with E-state index in [1.807, 2.05) is 0 Å². The molecule has 2 unspecified atom stereocenters. The van der Waals surface area contributed by atoms with Crippen LogP contribution < -0.4 is 0 Å². The maximum absolute atomic E-state index is 11.7. The first kappa shape index (κ1) is 12.4. The average Bonchev–Trinajstić information content (AvgIpc) is 2.63. The molecule has 16 heavy (non-hydrogen) atoms. The summed E-state index contributed by atoms with van der Waals surface area (Å²) >= 11 is 0. The van der Waals surface area contributed by atoms with E-state index < -0.39 is 20.7 Å². The first-order valence-electron chi connectivity index (χ1n) is 6.36. The van der Waals surface area contributed by atoms with E-state index in [-0.39, 0.29) is 5.92 Å². The highest BCUT2D eigenvalue weighted by molar-refractivity contribution is 7.91. The minimum absolute atomic E-state index is 0.212. The number of hydrogen-bond donors (Lipinski definition) is 1. The molecule has 2 rings (SSSR count). The number of aliphatic hydroxyl groups is 1. The minimum atomic E-state index is -3.11. The second kappa shape index (κ2) is 4.30. The molecule has 0 amide bonds. The van der Waals surface area contributed by atoms with E-state index in [0.717, 1.165) is 32.1 Å². The summed E-state index contributed by atoms with van der Waals surface area (Å²) in [6.07, 6.45) is 8.97. The van der Waals surface area contributed by atoms with Gasteiger partial charge in [0.1, 0.15) is 0 Å². The fourth-order valence-corrected chi connectivity index (χ4v) is 5.28. The Bertz CT molecular complexity index is 343. The Morgan fingerprint density at radius 1 is 1.06 bits per heavy atom. The zero-order valence-corrected chi connectivity index (χ0v) is 10.8. The smallest absolute Gasteiger partial charge is 0.153 e. The van der Waals surface area contributed by atoms with Crippen LogP contribution in [0.1, 0.15) is 51.4 Å². The molecule has 0 heterocycles. The summed E-state index contributed by atoms with van der Waals surface area (Å²) < 4.78 is 23.5. The molecule has 0 aliphatic heterocycles. The molecule has 2 atom stereocenters. The molecule has 0 aromatic heterocycles. The Balaban J connectivity index is 2.21. The van der Waals surface area contributed by atoms with Crippen LogP contribution in [0, 0.1) is 5.92 Å². The first-order valence-corrected chi connectivity index (χ1v) is 8.31. The molecule has 0 saturated heterocycles. The van der Waals surface area contributed by atoms with Crippen LogP contribution in [0.15, 0.2) is 0 Å². The second-order valence-electron chi connectivity index (χ2n) is 5.54. The van der Waals surface area contributed by atoms with Crippen molar-refractivity contribution in [3.63, 3.8) is 0 Å². The van der Waals surface area contributed by atoms with Crippen molar-refractivity contribution in [1.29, 1.82) is 0 Å². The molecule has 0 spiro atoms. The van der Waals surface area contributed by atoms with Crippen molar-refractivity contribution in [2.24, 2.45) is 5.92 Å². The SMILES string of the molecule is CS(=O)(=O)C1CCCC1(O)C1CCCCC1. The molecule has 2 fully saturated rings. The molecule has 94 valence electrons. The van der Waals surface area contributed by atoms with Crippen LogP contribution in [0.3, 0.4) is 0 Å². The molecule has 0 aromatic carbocycles. The van der Waals surface area contributed by atoms with Crippen LogP contribution in [-0.2, 0) is 9.84 Å². The molecular weight excluding hydrogens is 224 g/mol. The zero-order valence-electron chi connectivity index (χ0n) is 9.98. The third-order valence-electron chi connectivity index (χ3n) is 4.43. The Labute approximate surface area is 98.2 Å². The highest BCUT2D eigenvalue weighted by atomic mass is 32.2. The Hall–Kier alpha value is -0.0900. The molecule has 0 aromatic rings. The third kappa shape index (κ3) is 2.14. The van der Waals surface area contributed by atoms with Gasteiger partial charge in [-0.05, 0) is 38.0 Å². The zero-order chi connectivity index (χ0) is 11.8. The van der Waals surface area contributed by atoms with Crippen molar-refractivity contribution in [2.45, 2.75) is 62.2 Å². The molecular formula is C12H22O3S. The molecule has 0 bridgehead atoms. The highest BCUT2D eigenvalue weighted by Gasteiger charge is 2.51. The molecule has 1 N–H and O–H groups in total. The van der Waals surface area contributed by atoms with Crippen LogP contribution >= 0.6 is 0 Å². The molecule has 4 heteroatoms. The van der Waals surface area contributed by atoms with Gasteiger partial charge in [0.25, 0.3) is 0 Å². The number of hydrogen-bond acceptors (Lipinski definition) is 3. The van der Waals surface area contributed by atoms with Crippen molar-refractivity contribution in [2.75, 3.05) is 6.26 Å². The molecule has 2 saturated carbocycles. The topological polar surface area (TPSA) is 54.4 Å². The monoisotopic (exact) mass is 246 g/mol. The summed E-state index contributed by atoms with van der Waals surface area (Å²) in [7, 11) is -3.11. The predicted molar refractivity (Wildman–Crippen MR) is 64.0 cm³/mol. The van der Waals surface area contributed by atoms with E-state index >= 15 is 0 Å². The lowest BCUT2D eigenvalue weighted by Crippen LogP contribution is -2.48. The second-order valence-corrected chi connectivity index (χ2v) is 7.76. The lowest BCUT2D eigenvalue weighted by Gasteiger charge is -2.39. The third-order valence-corrected chi connectivity index (χ3v) is 6.11. The van der Waals surface area contributed by atoms with Crippen LogP contribution in [0.25, 0.3) is 0 Å². The Morgan fingerprint density at radius 2 is 1.69 bits per heavy atom. The normalized spacial score (nSPS) is 37.8. The lowest BCUT2D eigenvalue weighted by atomic mass is 9.76. The highest BCUT2D eigenvalue weighted by Crippen LogP contribution is 2.45. The van der Waals surface area contributed by atoms with Crippen LogP contribution in [0.5, 0.6) is 0 Å². The van der Waals surface area contributed by atoms with Gasteiger partial charge in [-0.15, -0.1) is 0 Å². The van der Waals surface area contributed by atoms with Gasteiger partial charge in [-0.1, -0.05) is 19.3 Å². The van der Waals surface area contributed by atoms with Gasteiger partial charge < -0.3 is 5.11 Å². The predicted octanol–water partition coefficient (Wildman–Crippen LogP) is 1.89. The fourth-order valence-electron chi connectivity index (χ4n) is 3.64. The lowest BCUT2D eigenvalue weighted by molar-refractivity contribution is -0.0237. The minimum Gasteiger partial charge on any atom is -0.388 e. The van der Waals surface area contributed by atoms with E-state index in [4.69, 9.17) is 0 Å². The van der Waals surface area contributed by atoms with Crippen molar-refractivity contribution in [1.82, 2.24) is 0 Å². The van der Waals surface area contributed by atoms with Crippen LogP contribution in [-0.4, -0.2) is 30.6 Å². The van der Waals surface area contributed by atoms with Gasteiger partial charge in [-0.25, -0.2) is 8.42 Å². The van der Waals surface area contributed by atoms with E-state index in [1.54, 1.807) is 0 Å². The molecule has 0 radical (unpaired) electrons. The van der Waals surface area contributed by atoms with Crippen molar-refractivity contribution >= 4 is 9.84 Å². The summed E-state index contributed by atoms with van der Waals surface area (Å²) in [5, 5.41) is 10.2. The maximum atomic E-state index is 11.7. The van der Waals surface area contributed by atoms with Gasteiger partial charge in [0, 0.05) is 6.26 Å². The van der Waals surface area contributed by atoms with Gasteiger partial charge >= 0.3 is 0 Å². The molecule has 2 aliphatic carbocycles. The summed E-state index contributed by atoms with van der Waals surface area (Å²) in [5.41, 5.74) is -0.923. The number of sulfone groups is 1. The van der Waals surface area contributed by atoms with Gasteiger partial charge in [0.2, 0.25) is 0 Å². The van der Waals surface area contributed by atoms with E-state index in [2.05, 4.69) is 0 Å². The fraction of sp³-hybridized carbons (Fsp3) is 1.00. The average molecular weight is 246 g/mol. The molecule has 3 nitrogen and oxygen atoms in total. The van der Waals surface area contributed by atoms with Crippen molar-refractivity contribution in [3.8, 4) is 0 Å². The van der Waals surface area contributed by atoms with Crippen molar-refractivity contribution < 1.29 is 13.5 Å². The van der Waals surface area contributed by atoms with Crippen molar-refractivity contribution in [3.05, 3.63) is 0 Å². The van der Waals surface area contributed by atoms with Gasteiger partial charge in [-0.3, -0.25) is 0 Å². The van der Waals surface area contributed by atoms with Crippen LogP contribution in [0.2, 0.25) is 0 Å². The van der Waals surface area contributed by atoms with E-state index in [0.29, 0.717) is 12.8 Å². The van der Waals surface area contributed by atoms with E-state index in [9.17, 15) is 13.5 Å². The standard InChI is InChI=1S/C12H22O3S/c1-16(14,15)11-8-5-9-12(11,13)10-6-3-2-4-7-10/h10-11,13H,2-9H2,1H3. The summed E-state index contributed by atoms with van der Waals surface area (Å²) in [6, 6.07) is 0. The van der Waals surface area contributed by atoms with Gasteiger partial charge in [-0.2, -0.15) is 0 Å². The Morgan fingerprint density at radius 3 is 2.25 bits per heavy atom. The summed E-state index contributed by atoms with van der Waals surface area (Å²) in [4.78, 5) is 0. The van der Waals surface area contributed by atoms with Gasteiger partial charge in [0.15, 0.2) is 9.84 Å². The number of rotatable bonds is 2. The molecule has 2 aliphatic rings. The Kier molecular flexibility index (Phi) is 3.32. The van der Waals surface area contributed by atoms with Gasteiger partial charge in [0.05, 0.1) is 10.9 Å². The maximum Gasteiger partial charge on any atom is 0.153 e.